The van der Waals surface area contributed by atoms with Gasteiger partial charge in [0.25, 0.3) is 0 Å². The van der Waals surface area contributed by atoms with Gasteiger partial charge in [0.2, 0.25) is 0 Å². The summed E-state index contributed by atoms with van der Waals surface area (Å²) in [5, 5.41) is 9.87. The van der Waals surface area contributed by atoms with Gasteiger partial charge >= 0.3 is 5.97 Å². The van der Waals surface area contributed by atoms with Gasteiger partial charge in [0.15, 0.2) is 0 Å². The van der Waals surface area contributed by atoms with Crippen molar-refractivity contribution < 1.29 is 9.90 Å². The molecular weight excluding hydrogens is 408 g/mol. The molecule has 1 atom stereocenters. The number of piperazine rings is 1. The van der Waals surface area contributed by atoms with E-state index in [2.05, 4.69) is 35.8 Å². The van der Waals surface area contributed by atoms with Gasteiger partial charge < -0.3 is 10.0 Å². The summed E-state index contributed by atoms with van der Waals surface area (Å²) in [7, 11) is 0. The van der Waals surface area contributed by atoms with Crippen LogP contribution in [0.4, 0.5) is 5.69 Å². The third-order valence-corrected chi connectivity index (χ3v) is 6.76. The molecule has 1 aliphatic heterocycles. The molecule has 0 saturated carbocycles. The Morgan fingerprint density at radius 1 is 1.06 bits per heavy atom. The number of hydrogen-bond donors (Lipinski definition) is 1. The molecule has 31 heavy (non-hydrogen) atoms. The van der Waals surface area contributed by atoms with E-state index in [9.17, 15) is 4.79 Å². The van der Waals surface area contributed by atoms with Gasteiger partial charge in [0.05, 0.1) is 12.5 Å². The maximum Gasteiger partial charge on any atom is 0.335 e. The summed E-state index contributed by atoms with van der Waals surface area (Å²) in [4.78, 5) is 15.9. The van der Waals surface area contributed by atoms with Gasteiger partial charge in [-0.3, -0.25) is 4.90 Å². The average molecular weight is 438 g/mol. The lowest BCUT2D eigenvalue weighted by Gasteiger charge is -2.38. The fraction of sp³-hybridized carbons (Fsp3) is 0.385. The van der Waals surface area contributed by atoms with E-state index in [1.54, 1.807) is 12.1 Å². The number of aromatic carboxylic acids is 1. The van der Waals surface area contributed by atoms with Crippen LogP contribution in [-0.2, 0) is 0 Å². The topological polar surface area (TPSA) is 43.8 Å². The fourth-order valence-corrected chi connectivity index (χ4v) is 4.84. The van der Waals surface area contributed by atoms with E-state index in [4.69, 9.17) is 16.7 Å². The molecule has 162 valence electrons. The molecule has 1 aliphatic carbocycles. The van der Waals surface area contributed by atoms with E-state index >= 15 is 0 Å². The molecule has 1 saturated heterocycles. The summed E-state index contributed by atoms with van der Waals surface area (Å²) in [5.74, 6) is -0.883. The molecule has 2 aromatic rings. The van der Waals surface area contributed by atoms with Crippen molar-refractivity contribution in [2.45, 2.75) is 26.2 Å². The van der Waals surface area contributed by atoms with Gasteiger partial charge in [-0.2, -0.15) is 0 Å². The molecule has 4 rings (SSSR count). The van der Waals surface area contributed by atoms with E-state index in [1.807, 2.05) is 24.3 Å². The van der Waals surface area contributed by atoms with Gasteiger partial charge in [-0.1, -0.05) is 23.7 Å². The van der Waals surface area contributed by atoms with Crippen LogP contribution in [0.2, 0.25) is 5.02 Å². The molecule has 4 nitrogen and oxygen atoms in total. The van der Waals surface area contributed by atoms with E-state index in [-0.39, 0.29) is 5.41 Å². The summed E-state index contributed by atoms with van der Waals surface area (Å²) in [6.07, 6.45) is 3.20. The molecule has 1 N–H and O–H groups in total. The first-order valence-electron chi connectivity index (χ1n) is 10.9. The first-order valence-corrected chi connectivity index (χ1v) is 11.3. The minimum absolute atomic E-state index is 0.0962. The molecule has 0 bridgehead atoms. The molecule has 2 aromatic carbocycles. The Morgan fingerprint density at radius 2 is 1.71 bits per heavy atom. The van der Waals surface area contributed by atoms with Gasteiger partial charge in [0, 0.05) is 49.9 Å². The van der Waals surface area contributed by atoms with Gasteiger partial charge in [-0.25, -0.2) is 4.79 Å². The van der Waals surface area contributed by atoms with E-state index in [0.717, 1.165) is 62.7 Å². The molecule has 5 heteroatoms. The van der Waals surface area contributed by atoms with Crippen molar-refractivity contribution in [3.63, 3.8) is 0 Å². The van der Waals surface area contributed by atoms with Crippen molar-refractivity contribution in [3.8, 4) is 0 Å². The van der Waals surface area contributed by atoms with Crippen molar-refractivity contribution in [2.24, 2.45) is 5.41 Å². The Balaban J connectivity index is 1.45. The van der Waals surface area contributed by atoms with Crippen LogP contribution < -0.4 is 4.90 Å². The molecule has 0 amide bonds. The number of nitrogens with zero attached hydrogens (tertiary/aromatic N) is 2. The third-order valence-electron chi connectivity index (χ3n) is 6.50. The standard InChI is InChI=1S/C26H29ClN2O2/c1-26(2)12-11-24(19-3-7-22(27)8-4-19)21(17-26)18-28-13-15-29(16-14-28)23-9-5-20(6-10-23)25(30)31/h3-10H,1,11-18H2,2H3/p+1. The zero-order valence-electron chi connectivity index (χ0n) is 18.1. The van der Waals surface area contributed by atoms with Crippen LogP contribution in [0.25, 0.3) is 5.57 Å². The summed E-state index contributed by atoms with van der Waals surface area (Å²) in [5.41, 5.74) is 5.77. The van der Waals surface area contributed by atoms with Crippen LogP contribution >= 0.6 is 11.6 Å². The van der Waals surface area contributed by atoms with E-state index in [1.165, 1.54) is 16.7 Å². The van der Waals surface area contributed by atoms with Crippen molar-refractivity contribution in [1.82, 2.24) is 4.90 Å². The number of carboxylic acids is 1. The molecule has 0 radical (unpaired) electrons. The van der Waals surface area contributed by atoms with E-state index < -0.39 is 5.97 Å². The third kappa shape index (κ3) is 5.25. The minimum atomic E-state index is -0.883. The zero-order chi connectivity index (χ0) is 22.0. The van der Waals surface area contributed by atoms with Crippen LogP contribution in [0.3, 0.4) is 0 Å². The van der Waals surface area contributed by atoms with Crippen molar-refractivity contribution >= 4 is 28.8 Å². The number of halogens is 1. The smallest absolute Gasteiger partial charge is 0.335 e. The van der Waals surface area contributed by atoms with E-state index in [0.29, 0.717) is 5.56 Å². The second kappa shape index (κ2) is 8.97. The average Bonchev–Trinajstić information content (AvgIpc) is 2.75. The summed E-state index contributed by atoms with van der Waals surface area (Å²) >= 11 is 6.11. The maximum atomic E-state index is 11.1. The highest BCUT2D eigenvalue weighted by molar-refractivity contribution is 6.30. The Hall–Kier alpha value is -2.43. The minimum Gasteiger partial charge on any atom is -0.478 e. The lowest BCUT2D eigenvalue weighted by atomic mass is 9.73. The van der Waals surface area contributed by atoms with Crippen LogP contribution in [-0.4, -0.2) is 48.7 Å². The highest BCUT2D eigenvalue weighted by Crippen LogP contribution is 2.42. The molecule has 0 spiro atoms. The zero-order valence-corrected chi connectivity index (χ0v) is 18.9. The summed E-state index contributed by atoms with van der Waals surface area (Å²) in [6.45, 7) is 11.6. The number of allylic oxidation sites excluding steroid dienone is 1. The highest BCUT2D eigenvalue weighted by atomic mass is 35.5. The molecule has 2 aliphatic rings. The molecular formula is C26H30ClN2O2+. The van der Waals surface area contributed by atoms with Crippen molar-refractivity contribution in [1.29, 1.82) is 0 Å². The molecule has 0 aromatic heterocycles. The number of benzene rings is 2. The lowest BCUT2D eigenvalue weighted by Crippen LogP contribution is -2.47. The normalized spacial score (nSPS) is 22.6. The Bertz CT molecular complexity index is 956. The molecule has 1 fully saturated rings. The van der Waals surface area contributed by atoms with Crippen molar-refractivity contribution in [2.75, 3.05) is 37.6 Å². The largest absolute Gasteiger partial charge is 0.478 e. The van der Waals surface area contributed by atoms with Gasteiger partial charge in [-0.15, -0.1) is 0 Å². The quantitative estimate of drug-likeness (QED) is 0.615. The number of carboxylic acid groups (broad SMARTS) is 1. The predicted octanol–water partition coefficient (Wildman–Crippen LogP) is 5.64. The number of anilines is 1. The van der Waals surface area contributed by atoms with Crippen LogP contribution in [0.15, 0.2) is 54.1 Å². The first-order chi connectivity index (χ1) is 14.8. The van der Waals surface area contributed by atoms with Crippen molar-refractivity contribution in [3.05, 3.63) is 77.2 Å². The fourth-order valence-electron chi connectivity index (χ4n) is 4.71. The van der Waals surface area contributed by atoms with Gasteiger partial charge in [0.1, 0.15) is 5.41 Å². The Kier molecular flexibility index (Phi) is 6.31. The summed E-state index contributed by atoms with van der Waals surface area (Å²) in [6, 6.07) is 15.4. The monoisotopic (exact) mass is 437 g/mol. The Morgan fingerprint density at radius 3 is 2.32 bits per heavy atom. The number of hydrogen-bond acceptors (Lipinski definition) is 3. The molecule has 1 unspecified atom stereocenters. The second-order valence-electron chi connectivity index (χ2n) is 9.19. The Labute approximate surface area is 190 Å². The van der Waals surface area contributed by atoms with Crippen LogP contribution in [0.5, 0.6) is 0 Å². The lowest BCUT2D eigenvalue weighted by molar-refractivity contribution is 0.0697. The maximum absolute atomic E-state index is 11.1. The molecule has 1 heterocycles. The first kappa shape index (κ1) is 21.8. The SMILES string of the molecule is [CH2+]C1(C)CCC(c2ccc(Cl)cc2)=C(CN2CCN(c3ccc(C(=O)O)cc3)CC2)C1. The number of rotatable bonds is 5. The highest BCUT2D eigenvalue weighted by Gasteiger charge is 2.34. The summed E-state index contributed by atoms with van der Waals surface area (Å²) < 4.78 is 0. The predicted molar refractivity (Wildman–Crippen MR) is 128 cm³/mol. The second-order valence-corrected chi connectivity index (χ2v) is 9.63. The van der Waals surface area contributed by atoms with Crippen LogP contribution in [0, 0.1) is 12.3 Å². The van der Waals surface area contributed by atoms with Gasteiger partial charge in [-0.05, 0) is 72.9 Å². The number of carbonyl (C=O) groups is 1. The van der Waals surface area contributed by atoms with Crippen LogP contribution in [0.1, 0.15) is 42.1 Å².